The lowest BCUT2D eigenvalue weighted by molar-refractivity contribution is -0.151. The van der Waals surface area contributed by atoms with Crippen LogP contribution in [-0.4, -0.2) is 53.0 Å². The minimum absolute atomic E-state index is 0.110. The van der Waals surface area contributed by atoms with Crippen molar-refractivity contribution in [3.05, 3.63) is 0 Å². The van der Waals surface area contributed by atoms with Gasteiger partial charge < -0.3 is 19.8 Å². The summed E-state index contributed by atoms with van der Waals surface area (Å²) >= 11 is 0. The number of hydrogen-bond acceptors (Lipinski definition) is 4. The Bertz CT molecular complexity index is 255. The van der Waals surface area contributed by atoms with Gasteiger partial charge in [-0.25, -0.2) is 9.59 Å². The summed E-state index contributed by atoms with van der Waals surface area (Å²) in [6, 6.07) is -0.281. The first-order chi connectivity index (χ1) is 7.06. The Hall–Kier alpha value is -1.30. The molecule has 0 spiro atoms. The van der Waals surface area contributed by atoms with Gasteiger partial charge in [-0.2, -0.15) is 0 Å². The van der Waals surface area contributed by atoms with Crippen LogP contribution < -0.4 is 0 Å². The van der Waals surface area contributed by atoms with Gasteiger partial charge in [0.05, 0.1) is 7.11 Å². The zero-order valence-electron chi connectivity index (χ0n) is 8.55. The van der Waals surface area contributed by atoms with Gasteiger partial charge in [0.1, 0.15) is 0 Å². The number of methoxy groups -OCH3 is 1. The van der Waals surface area contributed by atoms with Gasteiger partial charge in [-0.1, -0.05) is 0 Å². The quantitative estimate of drug-likeness (QED) is 0.652. The van der Waals surface area contributed by atoms with E-state index < -0.39 is 18.2 Å². The van der Waals surface area contributed by atoms with Crippen LogP contribution >= 0.6 is 0 Å². The van der Waals surface area contributed by atoms with E-state index in [1.807, 2.05) is 0 Å². The van der Waals surface area contributed by atoms with Crippen molar-refractivity contribution in [2.45, 2.75) is 31.4 Å². The van der Waals surface area contributed by atoms with Crippen molar-refractivity contribution in [2.24, 2.45) is 0 Å². The molecule has 0 aromatic heterocycles. The van der Waals surface area contributed by atoms with E-state index in [9.17, 15) is 14.7 Å². The highest BCUT2D eigenvalue weighted by Gasteiger charge is 2.32. The summed E-state index contributed by atoms with van der Waals surface area (Å²) in [4.78, 5) is 23.0. The van der Waals surface area contributed by atoms with Gasteiger partial charge in [-0.15, -0.1) is 0 Å². The highest BCUT2D eigenvalue weighted by molar-refractivity contribution is 5.74. The lowest BCUT2D eigenvalue weighted by atomic mass is 10.1. The van der Waals surface area contributed by atoms with Crippen molar-refractivity contribution in [3.8, 4) is 0 Å². The lowest BCUT2D eigenvalue weighted by Crippen LogP contribution is -2.38. The van der Waals surface area contributed by atoms with E-state index in [0.29, 0.717) is 13.0 Å². The Balaban J connectivity index is 2.50. The van der Waals surface area contributed by atoms with E-state index in [1.54, 1.807) is 0 Å². The van der Waals surface area contributed by atoms with Gasteiger partial charge in [0, 0.05) is 19.0 Å². The van der Waals surface area contributed by atoms with E-state index in [1.165, 1.54) is 12.0 Å². The number of carboxylic acid groups (broad SMARTS) is 1. The number of nitrogens with zero attached hydrogens (tertiary/aromatic N) is 1. The van der Waals surface area contributed by atoms with Gasteiger partial charge in [0.15, 0.2) is 6.10 Å². The average molecular weight is 217 g/mol. The molecule has 15 heavy (non-hydrogen) atoms. The largest absolute Gasteiger partial charge is 0.467 e. The summed E-state index contributed by atoms with van der Waals surface area (Å²) in [5.41, 5.74) is 0. The number of aliphatic hydroxyl groups is 1. The molecule has 1 saturated heterocycles. The number of ether oxygens (including phenoxy) is 1. The molecule has 0 aromatic rings. The molecule has 1 aliphatic rings. The number of carbonyl (C=O) groups is 2. The Morgan fingerprint density at radius 3 is 2.80 bits per heavy atom. The van der Waals surface area contributed by atoms with Gasteiger partial charge in [0.25, 0.3) is 0 Å². The van der Waals surface area contributed by atoms with Crippen LogP contribution in [0, 0.1) is 0 Å². The molecular formula is C9H15NO5. The molecule has 2 atom stereocenters. The minimum Gasteiger partial charge on any atom is -0.467 e. The highest BCUT2D eigenvalue weighted by atomic mass is 16.5. The monoisotopic (exact) mass is 217 g/mol. The number of likely N-dealkylation sites (tertiary alicyclic amines) is 1. The fourth-order valence-corrected chi connectivity index (χ4v) is 1.82. The molecule has 0 aromatic carbocycles. The van der Waals surface area contributed by atoms with Gasteiger partial charge in [-0.05, 0) is 12.8 Å². The zero-order valence-corrected chi connectivity index (χ0v) is 8.55. The normalized spacial score (nSPS) is 22.5. The maximum Gasteiger partial charge on any atom is 0.407 e. The minimum atomic E-state index is -1.24. The first-order valence-corrected chi connectivity index (χ1v) is 4.81. The van der Waals surface area contributed by atoms with Crippen molar-refractivity contribution in [1.29, 1.82) is 0 Å². The third kappa shape index (κ3) is 2.82. The smallest absolute Gasteiger partial charge is 0.407 e. The second-order valence-corrected chi connectivity index (χ2v) is 3.55. The fraction of sp³-hybridized carbons (Fsp3) is 0.778. The first-order valence-electron chi connectivity index (χ1n) is 4.81. The summed E-state index contributed by atoms with van der Waals surface area (Å²) in [7, 11) is 1.19. The summed E-state index contributed by atoms with van der Waals surface area (Å²) in [6.45, 7) is 0.466. The average Bonchev–Trinajstić information content (AvgIpc) is 2.64. The second kappa shape index (κ2) is 4.97. The molecule has 1 aliphatic heterocycles. The molecule has 1 fully saturated rings. The third-order valence-corrected chi connectivity index (χ3v) is 2.59. The number of hydrogen-bond donors (Lipinski definition) is 2. The van der Waals surface area contributed by atoms with E-state index >= 15 is 0 Å². The lowest BCUT2D eigenvalue weighted by Gasteiger charge is -2.22. The SMILES string of the molecule is COC(=O)C(O)C[C@@H]1CCCN1C(=O)O. The van der Waals surface area contributed by atoms with Crippen molar-refractivity contribution < 1.29 is 24.5 Å². The number of carbonyl (C=O) groups excluding carboxylic acids is 1. The summed E-state index contributed by atoms with van der Waals surface area (Å²) < 4.78 is 4.36. The van der Waals surface area contributed by atoms with Crippen molar-refractivity contribution in [1.82, 2.24) is 4.90 Å². The van der Waals surface area contributed by atoms with Crippen molar-refractivity contribution >= 4 is 12.1 Å². The van der Waals surface area contributed by atoms with Crippen LogP contribution in [0.4, 0.5) is 4.79 Å². The fourth-order valence-electron chi connectivity index (χ4n) is 1.82. The third-order valence-electron chi connectivity index (χ3n) is 2.59. The van der Waals surface area contributed by atoms with E-state index in [4.69, 9.17) is 5.11 Å². The molecule has 1 unspecified atom stereocenters. The molecule has 2 N–H and O–H groups in total. The Morgan fingerprint density at radius 1 is 1.60 bits per heavy atom. The molecule has 1 heterocycles. The Morgan fingerprint density at radius 2 is 2.27 bits per heavy atom. The molecule has 0 bridgehead atoms. The van der Waals surface area contributed by atoms with Crippen LogP contribution in [-0.2, 0) is 9.53 Å². The molecule has 6 nitrogen and oxygen atoms in total. The topological polar surface area (TPSA) is 87.1 Å². The van der Waals surface area contributed by atoms with E-state index in [-0.39, 0.29) is 12.5 Å². The van der Waals surface area contributed by atoms with E-state index in [2.05, 4.69) is 4.74 Å². The molecular weight excluding hydrogens is 202 g/mol. The maximum absolute atomic E-state index is 10.9. The van der Waals surface area contributed by atoms with Gasteiger partial charge >= 0.3 is 12.1 Å². The number of amides is 1. The predicted octanol–water partition coefficient (Wildman–Crippen LogP) is 0.0528. The van der Waals surface area contributed by atoms with Crippen LogP contribution in [0.5, 0.6) is 0 Å². The van der Waals surface area contributed by atoms with Crippen LogP contribution in [0.3, 0.4) is 0 Å². The Kier molecular flexibility index (Phi) is 3.90. The Labute approximate surface area is 87.4 Å². The molecule has 0 aliphatic carbocycles. The van der Waals surface area contributed by atoms with Gasteiger partial charge in [0.2, 0.25) is 0 Å². The van der Waals surface area contributed by atoms with Crippen LogP contribution in [0.15, 0.2) is 0 Å². The van der Waals surface area contributed by atoms with Crippen LogP contribution in [0.25, 0.3) is 0 Å². The van der Waals surface area contributed by atoms with Crippen LogP contribution in [0.2, 0.25) is 0 Å². The summed E-state index contributed by atoms with van der Waals surface area (Å²) in [5, 5.41) is 18.2. The van der Waals surface area contributed by atoms with Crippen molar-refractivity contribution in [2.75, 3.05) is 13.7 Å². The number of rotatable bonds is 3. The van der Waals surface area contributed by atoms with Crippen molar-refractivity contribution in [3.63, 3.8) is 0 Å². The molecule has 1 amide bonds. The molecule has 6 heteroatoms. The summed E-state index contributed by atoms with van der Waals surface area (Å²) in [5.74, 6) is -0.716. The first kappa shape index (κ1) is 11.8. The molecule has 86 valence electrons. The molecule has 0 saturated carbocycles. The number of aliphatic hydroxyl groups excluding tert-OH is 1. The summed E-state index contributed by atoms with van der Waals surface area (Å²) in [6.07, 6.45) is -0.681. The van der Waals surface area contributed by atoms with Crippen LogP contribution in [0.1, 0.15) is 19.3 Å². The second-order valence-electron chi connectivity index (χ2n) is 3.55. The standard InChI is InChI=1S/C9H15NO5/c1-15-8(12)7(11)5-6-3-2-4-10(6)9(13)14/h6-7,11H,2-5H2,1H3,(H,13,14)/t6-,7?/m0/s1. The van der Waals surface area contributed by atoms with E-state index in [0.717, 1.165) is 6.42 Å². The number of esters is 1. The maximum atomic E-state index is 10.9. The molecule has 1 rings (SSSR count). The zero-order chi connectivity index (χ0) is 11.4. The molecule has 0 radical (unpaired) electrons. The van der Waals surface area contributed by atoms with Gasteiger partial charge in [-0.3, -0.25) is 0 Å². The highest BCUT2D eigenvalue weighted by Crippen LogP contribution is 2.21. The predicted molar refractivity (Wildman–Crippen MR) is 50.4 cm³/mol.